The standard InChI is InChI=1S/C15H31N3O/c1-13(2)11-17-14(16-3)18-12-15(9-10-19-4)7-5-6-8-15/h13H,5-12H2,1-4H3,(H2,16,17,18). The fourth-order valence-corrected chi connectivity index (χ4v) is 2.75. The topological polar surface area (TPSA) is 45.7 Å². The van der Waals surface area contributed by atoms with Crippen LogP contribution in [0.1, 0.15) is 46.0 Å². The molecule has 0 aromatic carbocycles. The van der Waals surface area contributed by atoms with Gasteiger partial charge in [-0.1, -0.05) is 26.7 Å². The molecule has 0 radical (unpaired) electrons. The molecule has 0 unspecified atom stereocenters. The van der Waals surface area contributed by atoms with Gasteiger partial charge < -0.3 is 15.4 Å². The monoisotopic (exact) mass is 269 g/mol. The van der Waals surface area contributed by atoms with E-state index in [2.05, 4.69) is 29.5 Å². The highest BCUT2D eigenvalue weighted by Gasteiger charge is 2.33. The predicted molar refractivity (Wildman–Crippen MR) is 81.6 cm³/mol. The molecule has 0 atom stereocenters. The molecule has 1 rings (SSSR count). The van der Waals surface area contributed by atoms with Gasteiger partial charge in [-0.2, -0.15) is 0 Å². The van der Waals surface area contributed by atoms with Crippen LogP contribution in [0.25, 0.3) is 0 Å². The fraction of sp³-hybridized carbons (Fsp3) is 0.933. The Morgan fingerprint density at radius 1 is 1.26 bits per heavy atom. The predicted octanol–water partition coefficient (Wildman–Crippen LogP) is 2.40. The lowest BCUT2D eigenvalue weighted by Crippen LogP contribution is -2.44. The molecule has 0 aromatic rings. The van der Waals surface area contributed by atoms with Gasteiger partial charge in [0.25, 0.3) is 0 Å². The number of guanidine groups is 1. The van der Waals surface area contributed by atoms with Crippen LogP contribution in [0.4, 0.5) is 0 Å². The van der Waals surface area contributed by atoms with Crippen LogP contribution in [-0.2, 0) is 4.74 Å². The normalized spacial score (nSPS) is 18.9. The molecule has 1 aliphatic rings. The number of nitrogens with zero attached hydrogens (tertiary/aromatic N) is 1. The van der Waals surface area contributed by atoms with Crippen molar-refractivity contribution in [3.8, 4) is 0 Å². The molecule has 0 saturated heterocycles. The molecule has 1 saturated carbocycles. The summed E-state index contributed by atoms with van der Waals surface area (Å²) in [6, 6.07) is 0. The summed E-state index contributed by atoms with van der Waals surface area (Å²) in [5.74, 6) is 1.56. The van der Waals surface area contributed by atoms with Gasteiger partial charge in [0.05, 0.1) is 0 Å². The molecular formula is C15H31N3O. The van der Waals surface area contributed by atoms with Crippen molar-refractivity contribution in [2.75, 3.05) is 33.9 Å². The summed E-state index contributed by atoms with van der Waals surface area (Å²) in [5.41, 5.74) is 0.408. The van der Waals surface area contributed by atoms with E-state index < -0.39 is 0 Å². The molecule has 0 heterocycles. The van der Waals surface area contributed by atoms with Crippen molar-refractivity contribution >= 4 is 5.96 Å². The van der Waals surface area contributed by atoms with E-state index >= 15 is 0 Å². The molecular weight excluding hydrogens is 238 g/mol. The molecule has 0 amide bonds. The molecule has 0 bridgehead atoms. The van der Waals surface area contributed by atoms with Gasteiger partial charge in [-0.25, -0.2) is 0 Å². The first-order chi connectivity index (χ1) is 9.12. The van der Waals surface area contributed by atoms with Gasteiger partial charge in [0.1, 0.15) is 0 Å². The smallest absolute Gasteiger partial charge is 0.191 e. The van der Waals surface area contributed by atoms with Crippen molar-refractivity contribution < 1.29 is 4.74 Å². The highest BCUT2D eigenvalue weighted by molar-refractivity contribution is 5.79. The van der Waals surface area contributed by atoms with Crippen molar-refractivity contribution in [1.82, 2.24) is 10.6 Å². The Morgan fingerprint density at radius 2 is 1.95 bits per heavy atom. The van der Waals surface area contributed by atoms with Gasteiger partial charge in [0.2, 0.25) is 0 Å². The lowest BCUT2D eigenvalue weighted by Gasteiger charge is -2.30. The van der Waals surface area contributed by atoms with E-state index in [1.807, 2.05) is 7.05 Å². The zero-order chi connectivity index (χ0) is 14.1. The summed E-state index contributed by atoms with van der Waals surface area (Å²) < 4.78 is 5.27. The minimum absolute atomic E-state index is 0.408. The van der Waals surface area contributed by atoms with E-state index in [-0.39, 0.29) is 0 Å². The second-order valence-electron chi connectivity index (χ2n) is 6.15. The van der Waals surface area contributed by atoms with E-state index in [0.29, 0.717) is 11.3 Å². The van der Waals surface area contributed by atoms with Crippen LogP contribution in [0.5, 0.6) is 0 Å². The van der Waals surface area contributed by atoms with Crippen LogP contribution in [0.3, 0.4) is 0 Å². The summed E-state index contributed by atoms with van der Waals surface area (Å²) in [6.45, 7) is 7.24. The molecule has 1 aliphatic carbocycles. The molecule has 0 spiro atoms. The van der Waals surface area contributed by atoms with Gasteiger partial charge in [0.15, 0.2) is 5.96 Å². The van der Waals surface area contributed by atoms with Crippen molar-refractivity contribution in [3.05, 3.63) is 0 Å². The Bertz CT molecular complexity index is 271. The van der Waals surface area contributed by atoms with Gasteiger partial charge in [-0.05, 0) is 30.6 Å². The second-order valence-corrected chi connectivity index (χ2v) is 6.15. The molecule has 0 aromatic heterocycles. The summed E-state index contributed by atoms with van der Waals surface area (Å²) in [4.78, 5) is 4.30. The van der Waals surface area contributed by atoms with Gasteiger partial charge in [0, 0.05) is 33.9 Å². The maximum atomic E-state index is 5.27. The van der Waals surface area contributed by atoms with Crippen molar-refractivity contribution in [3.63, 3.8) is 0 Å². The first kappa shape index (κ1) is 16.3. The Labute approximate surface area is 118 Å². The number of hydrogen-bond acceptors (Lipinski definition) is 2. The number of methoxy groups -OCH3 is 1. The lowest BCUT2D eigenvalue weighted by atomic mass is 9.83. The molecule has 4 nitrogen and oxygen atoms in total. The first-order valence-corrected chi connectivity index (χ1v) is 7.55. The number of rotatable bonds is 7. The molecule has 0 aliphatic heterocycles. The fourth-order valence-electron chi connectivity index (χ4n) is 2.75. The summed E-state index contributed by atoms with van der Waals surface area (Å²) in [7, 11) is 3.63. The highest BCUT2D eigenvalue weighted by Crippen LogP contribution is 2.40. The number of ether oxygens (including phenoxy) is 1. The van der Waals surface area contributed by atoms with Gasteiger partial charge in [-0.15, -0.1) is 0 Å². The summed E-state index contributed by atoms with van der Waals surface area (Å²) in [6.07, 6.45) is 6.47. The minimum Gasteiger partial charge on any atom is -0.385 e. The molecule has 112 valence electrons. The molecule has 19 heavy (non-hydrogen) atoms. The quantitative estimate of drug-likeness (QED) is 0.551. The maximum absolute atomic E-state index is 5.27. The Kier molecular flexibility index (Phi) is 7.21. The summed E-state index contributed by atoms with van der Waals surface area (Å²) in [5, 5.41) is 6.87. The molecule has 1 fully saturated rings. The Balaban J connectivity index is 2.41. The third-order valence-electron chi connectivity index (χ3n) is 4.03. The van der Waals surface area contributed by atoms with Gasteiger partial charge in [-0.3, -0.25) is 4.99 Å². The molecule has 4 heteroatoms. The largest absolute Gasteiger partial charge is 0.385 e. The van der Waals surface area contributed by atoms with E-state index in [9.17, 15) is 0 Å². The van der Waals surface area contributed by atoms with Crippen LogP contribution in [0.2, 0.25) is 0 Å². The number of hydrogen-bond donors (Lipinski definition) is 2. The summed E-state index contributed by atoms with van der Waals surface area (Å²) >= 11 is 0. The van der Waals surface area contributed by atoms with E-state index in [0.717, 1.165) is 32.1 Å². The number of aliphatic imine (C=N–C) groups is 1. The third-order valence-corrected chi connectivity index (χ3v) is 4.03. The third kappa shape index (κ3) is 5.81. The average Bonchev–Trinajstić information content (AvgIpc) is 2.86. The van der Waals surface area contributed by atoms with E-state index in [4.69, 9.17) is 4.74 Å². The van der Waals surface area contributed by atoms with Crippen LogP contribution >= 0.6 is 0 Å². The molecule has 2 N–H and O–H groups in total. The van der Waals surface area contributed by atoms with Crippen LogP contribution in [-0.4, -0.2) is 39.8 Å². The highest BCUT2D eigenvalue weighted by atomic mass is 16.5. The number of nitrogens with one attached hydrogen (secondary N) is 2. The SMILES string of the molecule is CN=C(NCC(C)C)NCC1(CCOC)CCCC1. The van der Waals surface area contributed by atoms with Crippen LogP contribution < -0.4 is 10.6 Å². The van der Waals surface area contributed by atoms with E-state index in [1.165, 1.54) is 25.7 Å². The Hall–Kier alpha value is -0.770. The van der Waals surface area contributed by atoms with Gasteiger partial charge >= 0.3 is 0 Å². The zero-order valence-corrected chi connectivity index (χ0v) is 13.1. The van der Waals surface area contributed by atoms with Crippen LogP contribution in [0.15, 0.2) is 4.99 Å². The second kappa shape index (κ2) is 8.41. The van der Waals surface area contributed by atoms with Crippen molar-refractivity contribution in [2.24, 2.45) is 16.3 Å². The zero-order valence-electron chi connectivity index (χ0n) is 13.1. The first-order valence-electron chi connectivity index (χ1n) is 7.55. The Morgan fingerprint density at radius 3 is 2.47 bits per heavy atom. The maximum Gasteiger partial charge on any atom is 0.191 e. The van der Waals surface area contributed by atoms with Crippen molar-refractivity contribution in [2.45, 2.75) is 46.0 Å². The van der Waals surface area contributed by atoms with Crippen molar-refractivity contribution in [1.29, 1.82) is 0 Å². The van der Waals surface area contributed by atoms with E-state index in [1.54, 1.807) is 7.11 Å². The minimum atomic E-state index is 0.408. The van der Waals surface area contributed by atoms with Crippen LogP contribution in [0, 0.1) is 11.3 Å². The lowest BCUT2D eigenvalue weighted by molar-refractivity contribution is 0.138. The average molecular weight is 269 g/mol.